The van der Waals surface area contributed by atoms with Gasteiger partial charge in [-0.25, -0.2) is 9.78 Å². The van der Waals surface area contributed by atoms with Gasteiger partial charge < -0.3 is 18.8 Å². The average Bonchev–Trinajstić information content (AvgIpc) is 3.34. The summed E-state index contributed by atoms with van der Waals surface area (Å²) in [7, 11) is 3.02. The van der Waals surface area contributed by atoms with Gasteiger partial charge in [0.25, 0.3) is 0 Å². The van der Waals surface area contributed by atoms with E-state index in [1.807, 2.05) is 37.4 Å². The minimum atomic E-state index is -0.602. The lowest BCUT2D eigenvalue weighted by Gasteiger charge is -2.19. The highest BCUT2D eigenvalue weighted by Gasteiger charge is 2.20. The van der Waals surface area contributed by atoms with Crippen LogP contribution < -0.4 is 10.2 Å². The normalized spacial score (nSPS) is 14.4. The van der Waals surface area contributed by atoms with E-state index in [-0.39, 0.29) is 5.97 Å². The quantitative estimate of drug-likeness (QED) is 0.271. The molecule has 0 saturated heterocycles. The molecule has 1 saturated carbocycles. The fourth-order valence-corrected chi connectivity index (χ4v) is 4.76. The number of carbonyl (C=O) groups is 1. The van der Waals surface area contributed by atoms with Gasteiger partial charge in [-0.1, -0.05) is 18.6 Å². The molecule has 0 spiro atoms. The summed E-state index contributed by atoms with van der Waals surface area (Å²) in [6.07, 6.45) is 7.76. The van der Waals surface area contributed by atoms with Gasteiger partial charge in [0.2, 0.25) is 0 Å². The molecular weight excluding hydrogens is 470 g/mol. The predicted molar refractivity (Wildman–Crippen MR) is 143 cm³/mol. The minimum Gasteiger partial charge on any atom is -0.492 e. The molecule has 8 heteroatoms. The molecule has 3 aromatic rings. The molecule has 4 rings (SSSR count). The zero-order valence-electron chi connectivity index (χ0n) is 22.0. The van der Waals surface area contributed by atoms with Gasteiger partial charge in [-0.15, -0.1) is 0 Å². The van der Waals surface area contributed by atoms with Crippen molar-refractivity contribution in [2.75, 3.05) is 27.4 Å². The van der Waals surface area contributed by atoms with Gasteiger partial charge in [-0.05, 0) is 74.1 Å². The standard InChI is InChI=1S/C29H37N3O5/c1-4-36-26(29(33)34-2)20-21-10-13-24(14-11-21)37-19-18-32-17-16-23-12-15-25(30-28(23)32)27(31-35-3)22-8-6-5-7-9-22/h10-17,26,31H,4-9,18-20H2,1-3H3/t26-/m0/s1. The maximum atomic E-state index is 11.9. The van der Waals surface area contributed by atoms with Crippen LogP contribution in [0, 0.1) is 0 Å². The Morgan fingerprint density at radius 1 is 1.05 bits per heavy atom. The van der Waals surface area contributed by atoms with E-state index in [1.165, 1.54) is 31.9 Å². The van der Waals surface area contributed by atoms with Gasteiger partial charge in [0.15, 0.2) is 6.10 Å². The van der Waals surface area contributed by atoms with E-state index >= 15 is 0 Å². The van der Waals surface area contributed by atoms with Gasteiger partial charge in [0, 0.05) is 24.6 Å². The second-order valence-corrected chi connectivity index (χ2v) is 9.13. The van der Waals surface area contributed by atoms with Crippen molar-refractivity contribution in [3.8, 4) is 5.75 Å². The molecule has 0 aliphatic heterocycles. The molecule has 37 heavy (non-hydrogen) atoms. The molecule has 1 fully saturated rings. The molecule has 1 aromatic carbocycles. The molecule has 1 atom stereocenters. The third-order valence-electron chi connectivity index (χ3n) is 6.66. The topological polar surface area (TPSA) is 83.8 Å². The maximum Gasteiger partial charge on any atom is 0.335 e. The number of hydrogen-bond donors (Lipinski definition) is 1. The Morgan fingerprint density at radius 2 is 1.84 bits per heavy atom. The SMILES string of the molecule is CCO[C@@H](Cc1ccc(OCCn2ccc3ccc(C(NOC)=C4CCCCC4)nc32)cc1)C(=O)OC. The number of aromatic nitrogens is 2. The number of benzene rings is 1. The Balaban J connectivity index is 1.40. The third-order valence-corrected chi connectivity index (χ3v) is 6.66. The fourth-order valence-electron chi connectivity index (χ4n) is 4.76. The molecular formula is C29H37N3O5. The van der Waals surface area contributed by atoms with Crippen LogP contribution in [-0.2, 0) is 32.1 Å². The van der Waals surface area contributed by atoms with Crippen LogP contribution in [0.25, 0.3) is 16.7 Å². The minimum absolute atomic E-state index is 0.363. The first-order valence-corrected chi connectivity index (χ1v) is 13.0. The highest BCUT2D eigenvalue weighted by molar-refractivity contribution is 5.79. The molecule has 8 nitrogen and oxygen atoms in total. The lowest BCUT2D eigenvalue weighted by atomic mass is 9.92. The van der Waals surface area contributed by atoms with Crippen LogP contribution in [0.15, 0.2) is 54.2 Å². The van der Waals surface area contributed by atoms with Crippen molar-refractivity contribution in [2.24, 2.45) is 0 Å². The van der Waals surface area contributed by atoms with Gasteiger partial charge >= 0.3 is 5.97 Å². The van der Waals surface area contributed by atoms with Gasteiger partial charge in [0.1, 0.15) is 18.0 Å². The Bertz CT molecular complexity index is 1190. The van der Waals surface area contributed by atoms with E-state index in [2.05, 4.69) is 28.2 Å². The van der Waals surface area contributed by atoms with Gasteiger partial charge in [-0.2, -0.15) is 0 Å². The van der Waals surface area contributed by atoms with Crippen molar-refractivity contribution in [3.05, 3.63) is 65.5 Å². The molecule has 0 bridgehead atoms. The number of fused-ring (bicyclic) bond motifs is 1. The molecule has 0 unspecified atom stereocenters. The Labute approximate surface area is 218 Å². The smallest absolute Gasteiger partial charge is 0.335 e. The van der Waals surface area contributed by atoms with Crippen molar-refractivity contribution >= 4 is 22.7 Å². The Hall–Kier alpha value is -3.36. The van der Waals surface area contributed by atoms with Crippen molar-refractivity contribution in [1.82, 2.24) is 15.0 Å². The second kappa shape index (κ2) is 13.3. The molecule has 1 aliphatic rings. The van der Waals surface area contributed by atoms with Crippen LogP contribution in [0.3, 0.4) is 0 Å². The molecule has 198 valence electrons. The number of ether oxygens (including phenoxy) is 3. The Morgan fingerprint density at radius 3 is 2.54 bits per heavy atom. The number of methoxy groups -OCH3 is 1. The van der Waals surface area contributed by atoms with Gasteiger partial charge in [-0.3, -0.25) is 10.3 Å². The number of esters is 1. The summed E-state index contributed by atoms with van der Waals surface area (Å²) in [5.41, 5.74) is 8.27. The Kier molecular flexibility index (Phi) is 9.57. The summed E-state index contributed by atoms with van der Waals surface area (Å²) < 4.78 is 18.5. The van der Waals surface area contributed by atoms with E-state index in [1.54, 1.807) is 7.11 Å². The average molecular weight is 508 g/mol. The molecule has 0 radical (unpaired) electrons. The van der Waals surface area contributed by atoms with E-state index in [4.69, 9.17) is 24.0 Å². The fraction of sp³-hybridized carbons (Fsp3) is 0.448. The highest BCUT2D eigenvalue weighted by atomic mass is 16.6. The van der Waals surface area contributed by atoms with Crippen LogP contribution in [-0.4, -0.2) is 49.1 Å². The lowest BCUT2D eigenvalue weighted by molar-refractivity contribution is -0.153. The zero-order valence-corrected chi connectivity index (χ0v) is 22.0. The third kappa shape index (κ3) is 6.90. The number of nitrogens with zero attached hydrogens (tertiary/aromatic N) is 2. The molecule has 0 amide bonds. The number of rotatable bonds is 12. The number of hydrogen-bond acceptors (Lipinski definition) is 7. The first kappa shape index (κ1) is 26.7. The van der Waals surface area contributed by atoms with E-state index in [9.17, 15) is 4.79 Å². The number of nitrogens with one attached hydrogen (secondary N) is 1. The van der Waals surface area contributed by atoms with E-state index < -0.39 is 6.10 Å². The molecule has 1 N–H and O–H groups in total. The van der Waals surface area contributed by atoms with Crippen LogP contribution >= 0.6 is 0 Å². The summed E-state index contributed by atoms with van der Waals surface area (Å²) in [4.78, 5) is 22.2. The summed E-state index contributed by atoms with van der Waals surface area (Å²) in [5, 5.41) is 1.09. The molecule has 1 aliphatic carbocycles. The van der Waals surface area contributed by atoms with Crippen molar-refractivity contribution in [3.63, 3.8) is 0 Å². The summed E-state index contributed by atoms with van der Waals surface area (Å²) in [6.45, 7) is 3.48. The first-order valence-electron chi connectivity index (χ1n) is 13.0. The summed E-state index contributed by atoms with van der Waals surface area (Å²) in [5.74, 6) is 0.409. The molecule has 2 aromatic heterocycles. The summed E-state index contributed by atoms with van der Waals surface area (Å²) >= 11 is 0. The monoisotopic (exact) mass is 507 g/mol. The van der Waals surface area contributed by atoms with Crippen molar-refractivity contribution in [1.29, 1.82) is 0 Å². The number of pyridine rings is 1. The van der Waals surface area contributed by atoms with Crippen molar-refractivity contribution in [2.45, 2.75) is 58.1 Å². The number of allylic oxidation sites excluding steroid dienone is 1. The highest BCUT2D eigenvalue weighted by Crippen LogP contribution is 2.29. The lowest BCUT2D eigenvalue weighted by Crippen LogP contribution is -2.28. The number of carbonyl (C=O) groups excluding carboxylic acids is 1. The van der Waals surface area contributed by atoms with Crippen LogP contribution in [0.1, 0.15) is 50.3 Å². The van der Waals surface area contributed by atoms with Crippen molar-refractivity contribution < 1.29 is 23.8 Å². The molecule has 2 heterocycles. The zero-order chi connectivity index (χ0) is 26.0. The van der Waals surface area contributed by atoms with Crippen LogP contribution in [0.4, 0.5) is 0 Å². The van der Waals surface area contributed by atoms with E-state index in [0.29, 0.717) is 26.2 Å². The predicted octanol–water partition coefficient (Wildman–Crippen LogP) is 5.06. The first-order chi connectivity index (χ1) is 18.1. The van der Waals surface area contributed by atoms with Crippen LogP contribution in [0.5, 0.6) is 5.75 Å². The second-order valence-electron chi connectivity index (χ2n) is 9.13. The number of hydroxylamine groups is 1. The van der Waals surface area contributed by atoms with Crippen LogP contribution in [0.2, 0.25) is 0 Å². The van der Waals surface area contributed by atoms with E-state index in [0.717, 1.165) is 46.6 Å². The van der Waals surface area contributed by atoms with Gasteiger partial charge in [0.05, 0.1) is 32.2 Å². The largest absolute Gasteiger partial charge is 0.492 e. The summed E-state index contributed by atoms with van der Waals surface area (Å²) in [6, 6.07) is 14.0. The maximum absolute atomic E-state index is 11.9.